The fourth-order valence-corrected chi connectivity index (χ4v) is 5.14. The normalized spacial score (nSPS) is 16.9. The van der Waals surface area contributed by atoms with Gasteiger partial charge in [-0.3, -0.25) is 10.1 Å². The maximum absolute atomic E-state index is 13.4. The molecule has 0 amide bonds. The van der Waals surface area contributed by atoms with Crippen molar-refractivity contribution < 1.29 is 14.5 Å². The molecule has 0 aromatic heterocycles. The van der Waals surface area contributed by atoms with E-state index in [2.05, 4.69) is 0 Å². The molecule has 0 saturated heterocycles. The largest absolute Gasteiger partial charge is 0.463 e. The van der Waals surface area contributed by atoms with E-state index in [1.54, 1.807) is 19.1 Å². The molecule has 0 spiro atoms. The van der Waals surface area contributed by atoms with Gasteiger partial charge in [-0.2, -0.15) is 0 Å². The van der Waals surface area contributed by atoms with Crippen LogP contribution in [0.15, 0.2) is 101 Å². The van der Waals surface area contributed by atoms with E-state index in [9.17, 15) is 14.9 Å². The zero-order chi connectivity index (χ0) is 24.4. The Kier molecular flexibility index (Phi) is 6.20. The van der Waals surface area contributed by atoms with Crippen molar-refractivity contribution in [2.75, 3.05) is 6.61 Å². The number of nitro benzene ring substituents is 1. The van der Waals surface area contributed by atoms with Gasteiger partial charge in [-0.25, -0.2) is 9.79 Å². The summed E-state index contributed by atoms with van der Waals surface area (Å²) in [6, 6.07) is 25.3. The number of non-ortho nitro benzene ring substituents is 1. The van der Waals surface area contributed by atoms with Gasteiger partial charge in [0.15, 0.2) is 5.17 Å². The summed E-state index contributed by atoms with van der Waals surface area (Å²) in [4.78, 5) is 31.1. The minimum Gasteiger partial charge on any atom is -0.463 e. The first-order valence-electron chi connectivity index (χ1n) is 11.1. The maximum atomic E-state index is 13.4. The average molecular weight is 484 g/mol. The van der Waals surface area contributed by atoms with Gasteiger partial charge in [0, 0.05) is 23.1 Å². The molecule has 0 fully saturated rings. The highest BCUT2D eigenvalue weighted by Crippen LogP contribution is 2.48. The fraction of sp³-hybridized carbons (Fsp3) is 0.111. The summed E-state index contributed by atoms with van der Waals surface area (Å²) in [6.45, 7) is 2.02. The monoisotopic (exact) mass is 483 g/mol. The Morgan fingerprint density at radius 2 is 1.66 bits per heavy atom. The van der Waals surface area contributed by atoms with E-state index in [0.717, 1.165) is 27.6 Å². The summed E-state index contributed by atoms with van der Waals surface area (Å²) in [6.07, 6.45) is 0. The molecule has 0 unspecified atom stereocenters. The van der Waals surface area contributed by atoms with Gasteiger partial charge >= 0.3 is 5.97 Å². The number of carbonyl (C=O) groups is 1. The number of thioether (sulfide) groups is 1. The van der Waals surface area contributed by atoms with E-state index in [4.69, 9.17) is 9.73 Å². The molecule has 3 aromatic carbocycles. The van der Waals surface area contributed by atoms with Gasteiger partial charge in [0.25, 0.3) is 5.69 Å². The molecule has 0 N–H and O–H groups in total. The number of nitrogens with zero attached hydrogens (tertiary/aromatic N) is 3. The van der Waals surface area contributed by atoms with Crippen molar-refractivity contribution in [2.45, 2.75) is 13.0 Å². The molecular formula is C27H21N3O4S. The lowest BCUT2D eigenvalue weighted by atomic mass is 9.91. The number of carbonyl (C=O) groups excluding carboxylic acids is 1. The van der Waals surface area contributed by atoms with Crippen LogP contribution in [0, 0.1) is 10.1 Å². The lowest BCUT2D eigenvalue weighted by Gasteiger charge is -2.37. The lowest BCUT2D eigenvalue weighted by Crippen LogP contribution is -2.36. The molecule has 174 valence electrons. The average Bonchev–Trinajstić information content (AvgIpc) is 3.32. The zero-order valence-corrected chi connectivity index (χ0v) is 19.6. The number of nitro groups is 1. The molecule has 8 heteroatoms. The molecule has 2 aliphatic heterocycles. The summed E-state index contributed by atoms with van der Waals surface area (Å²) in [5.74, 6) is -0.428. The van der Waals surface area contributed by atoms with Crippen molar-refractivity contribution in [3.63, 3.8) is 0 Å². The zero-order valence-electron chi connectivity index (χ0n) is 18.8. The predicted molar refractivity (Wildman–Crippen MR) is 137 cm³/mol. The molecule has 2 aliphatic rings. The first kappa shape index (κ1) is 22.6. The minimum absolute atomic E-state index is 0.0191. The van der Waals surface area contributed by atoms with Crippen LogP contribution in [0.4, 0.5) is 5.69 Å². The molecule has 0 bridgehead atoms. The van der Waals surface area contributed by atoms with E-state index in [1.165, 1.54) is 23.9 Å². The van der Waals surface area contributed by atoms with E-state index in [-0.39, 0.29) is 12.3 Å². The third-order valence-corrected chi connectivity index (χ3v) is 6.61. The van der Waals surface area contributed by atoms with E-state index in [1.807, 2.05) is 71.0 Å². The third kappa shape index (κ3) is 4.24. The second kappa shape index (κ2) is 9.60. The van der Waals surface area contributed by atoms with E-state index >= 15 is 0 Å². The van der Waals surface area contributed by atoms with Crippen LogP contribution in [0.1, 0.15) is 29.7 Å². The number of aliphatic imine (C=N–C) groups is 1. The Balaban J connectivity index is 1.69. The molecule has 0 radical (unpaired) electrons. The van der Waals surface area contributed by atoms with Crippen LogP contribution in [0.5, 0.6) is 0 Å². The van der Waals surface area contributed by atoms with Crippen LogP contribution in [0.2, 0.25) is 0 Å². The van der Waals surface area contributed by atoms with E-state index in [0.29, 0.717) is 11.3 Å². The second-order valence-electron chi connectivity index (χ2n) is 7.85. The van der Waals surface area contributed by atoms with Crippen LogP contribution < -0.4 is 0 Å². The highest BCUT2D eigenvalue weighted by atomic mass is 32.2. The summed E-state index contributed by atoms with van der Waals surface area (Å²) in [7, 11) is 0. The van der Waals surface area contributed by atoms with Gasteiger partial charge in [-0.1, -0.05) is 72.4 Å². The van der Waals surface area contributed by atoms with Crippen LogP contribution in [0.3, 0.4) is 0 Å². The van der Waals surface area contributed by atoms with Crippen LogP contribution in [0.25, 0.3) is 11.4 Å². The van der Waals surface area contributed by atoms with E-state index < -0.39 is 16.9 Å². The summed E-state index contributed by atoms with van der Waals surface area (Å²) in [5, 5.41) is 13.8. The Morgan fingerprint density at radius 1 is 1.00 bits per heavy atom. The van der Waals surface area contributed by atoms with Crippen molar-refractivity contribution in [3.8, 4) is 0 Å². The second-order valence-corrected chi connectivity index (χ2v) is 8.69. The summed E-state index contributed by atoms with van der Waals surface area (Å²) in [5.41, 5.74) is 4.38. The first-order valence-corrected chi connectivity index (χ1v) is 12.0. The molecule has 1 atom stereocenters. The minimum atomic E-state index is -0.491. The number of benzene rings is 3. The molecule has 2 heterocycles. The van der Waals surface area contributed by atoms with Gasteiger partial charge in [0.1, 0.15) is 0 Å². The summed E-state index contributed by atoms with van der Waals surface area (Å²) < 4.78 is 5.52. The van der Waals surface area contributed by atoms with Crippen molar-refractivity contribution in [3.05, 3.63) is 123 Å². The molecule has 0 aliphatic carbocycles. The number of rotatable bonds is 6. The molecule has 0 saturated carbocycles. The van der Waals surface area contributed by atoms with Gasteiger partial charge in [0.05, 0.1) is 34.5 Å². The Hall–Kier alpha value is -4.17. The number of hydrogen-bond acceptors (Lipinski definition) is 7. The quantitative estimate of drug-likeness (QED) is 0.242. The first-order chi connectivity index (χ1) is 17.1. The Labute approximate surface area is 206 Å². The fourth-order valence-electron chi connectivity index (χ4n) is 4.21. The number of hydrogen-bond donors (Lipinski definition) is 0. The van der Waals surface area contributed by atoms with Gasteiger partial charge in [-0.05, 0) is 30.2 Å². The highest BCUT2D eigenvalue weighted by Gasteiger charge is 2.42. The van der Waals surface area contributed by atoms with Crippen LogP contribution in [-0.4, -0.2) is 27.6 Å². The van der Waals surface area contributed by atoms with Crippen molar-refractivity contribution in [1.82, 2.24) is 4.90 Å². The van der Waals surface area contributed by atoms with Gasteiger partial charge in [-0.15, -0.1) is 0 Å². The Bertz CT molecular complexity index is 1370. The van der Waals surface area contributed by atoms with Gasteiger partial charge in [0.2, 0.25) is 0 Å². The number of esters is 1. The van der Waals surface area contributed by atoms with Crippen LogP contribution >= 0.6 is 11.8 Å². The SMILES string of the molecule is CCOC(=O)C1=C(c2ccccc2)N=C2SC=C(c3ccc([N+](=O)[O-])cc3)N2[C@@H]1c1ccccc1. The van der Waals surface area contributed by atoms with Crippen molar-refractivity contribution in [1.29, 1.82) is 0 Å². The topological polar surface area (TPSA) is 85.0 Å². The summed E-state index contributed by atoms with van der Waals surface area (Å²) >= 11 is 1.46. The Morgan fingerprint density at radius 3 is 2.29 bits per heavy atom. The van der Waals surface area contributed by atoms with Crippen molar-refractivity contribution in [2.24, 2.45) is 4.99 Å². The molecule has 7 nitrogen and oxygen atoms in total. The number of ether oxygens (including phenoxy) is 1. The standard InChI is InChI=1S/C27H21N3O4S/c1-2-34-26(31)23-24(19-9-5-3-6-10-19)28-27-29(25(23)20-11-7-4-8-12-20)22(17-35-27)18-13-15-21(16-14-18)30(32)33/h3-17,25H,2H2,1H3/t25-/m1/s1. The molecule has 5 rings (SSSR count). The smallest absolute Gasteiger partial charge is 0.338 e. The number of fused-ring (bicyclic) bond motifs is 1. The highest BCUT2D eigenvalue weighted by molar-refractivity contribution is 8.16. The van der Waals surface area contributed by atoms with Gasteiger partial charge < -0.3 is 9.64 Å². The lowest BCUT2D eigenvalue weighted by molar-refractivity contribution is -0.384. The number of amidine groups is 1. The third-order valence-electron chi connectivity index (χ3n) is 5.77. The molecule has 3 aromatic rings. The maximum Gasteiger partial charge on any atom is 0.338 e. The molecular weight excluding hydrogens is 462 g/mol. The predicted octanol–water partition coefficient (Wildman–Crippen LogP) is 6.03. The van der Waals surface area contributed by atoms with Crippen molar-refractivity contribution >= 4 is 40.0 Å². The molecule has 35 heavy (non-hydrogen) atoms. The van der Waals surface area contributed by atoms with Crippen LogP contribution in [-0.2, 0) is 9.53 Å².